The number of anilines is 1. The summed E-state index contributed by atoms with van der Waals surface area (Å²) in [6, 6.07) is 5.89. The SMILES string of the molecule is C=CCN(CCOC)C(=O)c1cccc2c1CCCN2. The van der Waals surface area contributed by atoms with Gasteiger partial charge < -0.3 is 15.0 Å². The molecule has 0 spiro atoms. The van der Waals surface area contributed by atoms with E-state index >= 15 is 0 Å². The molecule has 0 saturated carbocycles. The molecule has 2 rings (SSSR count). The summed E-state index contributed by atoms with van der Waals surface area (Å²) < 4.78 is 5.08. The zero-order chi connectivity index (χ0) is 14.4. The number of fused-ring (bicyclic) bond motifs is 1. The van der Waals surface area contributed by atoms with E-state index < -0.39 is 0 Å². The van der Waals surface area contributed by atoms with Gasteiger partial charge in [-0.2, -0.15) is 0 Å². The second kappa shape index (κ2) is 7.10. The third-order valence-electron chi connectivity index (χ3n) is 3.53. The summed E-state index contributed by atoms with van der Waals surface area (Å²) in [4.78, 5) is 14.5. The van der Waals surface area contributed by atoms with Crippen molar-refractivity contribution >= 4 is 11.6 Å². The molecule has 4 nitrogen and oxygen atoms in total. The summed E-state index contributed by atoms with van der Waals surface area (Å²) in [5.74, 6) is 0.0579. The van der Waals surface area contributed by atoms with E-state index in [1.54, 1.807) is 18.1 Å². The molecule has 0 unspecified atom stereocenters. The lowest BCUT2D eigenvalue weighted by Gasteiger charge is -2.25. The van der Waals surface area contributed by atoms with Crippen molar-refractivity contribution in [2.75, 3.05) is 38.7 Å². The standard InChI is InChI=1S/C16H22N2O2/c1-3-10-18(11-12-20-2)16(19)14-6-4-8-15-13(14)7-5-9-17-15/h3-4,6,8,17H,1,5,7,9-12H2,2H3. The van der Waals surface area contributed by atoms with Crippen molar-refractivity contribution in [3.63, 3.8) is 0 Å². The third-order valence-corrected chi connectivity index (χ3v) is 3.53. The van der Waals surface area contributed by atoms with E-state index in [4.69, 9.17) is 4.74 Å². The van der Waals surface area contributed by atoms with E-state index in [2.05, 4.69) is 11.9 Å². The maximum absolute atomic E-state index is 12.7. The average molecular weight is 274 g/mol. The van der Waals surface area contributed by atoms with Crippen molar-refractivity contribution in [2.24, 2.45) is 0 Å². The summed E-state index contributed by atoms with van der Waals surface area (Å²) in [7, 11) is 1.64. The van der Waals surface area contributed by atoms with Crippen LogP contribution in [0.3, 0.4) is 0 Å². The van der Waals surface area contributed by atoms with Crippen LogP contribution in [0.25, 0.3) is 0 Å². The number of carbonyl (C=O) groups is 1. The Hall–Kier alpha value is -1.81. The molecule has 1 amide bonds. The molecule has 0 fully saturated rings. The summed E-state index contributed by atoms with van der Waals surface area (Å²) >= 11 is 0. The number of rotatable bonds is 6. The Morgan fingerprint density at radius 1 is 1.55 bits per heavy atom. The first-order valence-corrected chi connectivity index (χ1v) is 7.02. The van der Waals surface area contributed by atoms with Gasteiger partial charge in [0, 0.05) is 38.0 Å². The Balaban J connectivity index is 2.24. The number of benzene rings is 1. The Morgan fingerprint density at radius 2 is 2.40 bits per heavy atom. The molecule has 20 heavy (non-hydrogen) atoms. The lowest BCUT2D eigenvalue weighted by molar-refractivity contribution is 0.0717. The molecule has 0 radical (unpaired) electrons. The van der Waals surface area contributed by atoms with Gasteiger partial charge in [-0.25, -0.2) is 0 Å². The molecule has 1 aliphatic heterocycles. The predicted octanol–water partition coefficient (Wildman–Crippen LogP) is 2.32. The van der Waals surface area contributed by atoms with Crippen LogP contribution < -0.4 is 5.32 Å². The van der Waals surface area contributed by atoms with Gasteiger partial charge in [-0.1, -0.05) is 12.1 Å². The number of amides is 1. The lowest BCUT2D eigenvalue weighted by atomic mass is 9.97. The fraction of sp³-hybridized carbons (Fsp3) is 0.438. The highest BCUT2D eigenvalue weighted by atomic mass is 16.5. The maximum Gasteiger partial charge on any atom is 0.254 e. The van der Waals surface area contributed by atoms with Gasteiger partial charge >= 0.3 is 0 Å². The summed E-state index contributed by atoms with van der Waals surface area (Å²) in [6.07, 6.45) is 3.77. The number of hydrogen-bond acceptors (Lipinski definition) is 3. The molecule has 0 atom stereocenters. The van der Waals surface area contributed by atoms with Crippen molar-refractivity contribution < 1.29 is 9.53 Å². The third kappa shape index (κ3) is 3.20. The number of methoxy groups -OCH3 is 1. The van der Waals surface area contributed by atoms with Crippen LogP contribution >= 0.6 is 0 Å². The van der Waals surface area contributed by atoms with Crippen LogP contribution in [-0.2, 0) is 11.2 Å². The van der Waals surface area contributed by atoms with Gasteiger partial charge in [0.2, 0.25) is 0 Å². The zero-order valence-electron chi connectivity index (χ0n) is 12.0. The molecule has 1 N–H and O–H groups in total. The van der Waals surface area contributed by atoms with Crippen molar-refractivity contribution in [3.8, 4) is 0 Å². The number of ether oxygens (including phenoxy) is 1. The summed E-state index contributed by atoms with van der Waals surface area (Å²) in [5, 5.41) is 3.36. The van der Waals surface area contributed by atoms with Crippen molar-refractivity contribution in [1.29, 1.82) is 0 Å². The first kappa shape index (κ1) is 14.6. The first-order chi connectivity index (χ1) is 9.77. The minimum atomic E-state index is 0.0579. The zero-order valence-corrected chi connectivity index (χ0v) is 12.0. The van der Waals surface area contributed by atoms with E-state index in [0.29, 0.717) is 19.7 Å². The topological polar surface area (TPSA) is 41.6 Å². The van der Waals surface area contributed by atoms with Crippen molar-refractivity contribution in [1.82, 2.24) is 4.90 Å². The van der Waals surface area contributed by atoms with E-state index in [9.17, 15) is 4.79 Å². The Kier molecular flexibility index (Phi) is 5.18. The molecule has 0 aromatic heterocycles. The quantitative estimate of drug-likeness (QED) is 0.809. The molecule has 108 valence electrons. The molecule has 1 aromatic carbocycles. The molecular formula is C16H22N2O2. The number of nitrogens with one attached hydrogen (secondary N) is 1. The van der Waals surface area contributed by atoms with Gasteiger partial charge in [0.1, 0.15) is 0 Å². The number of nitrogens with zero attached hydrogens (tertiary/aromatic N) is 1. The highest BCUT2D eigenvalue weighted by Gasteiger charge is 2.21. The molecule has 4 heteroatoms. The molecule has 1 heterocycles. The predicted molar refractivity (Wildman–Crippen MR) is 81.2 cm³/mol. The molecule has 0 bridgehead atoms. The average Bonchev–Trinajstić information content (AvgIpc) is 2.50. The van der Waals surface area contributed by atoms with Crippen LogP contribution in [0.4, 0.5) is 5.69 Å². The molecule has 0 aliphatic carbocycles. The van der Waals surface area contributed by atoms with E-state index in [0.717, 1.165) is 36.2 Å². The van der Waals surface area contributed by atoms with Crippen LogP contribution in [0.5, 0.6) is 0 Å². The van der Waals surface area contributed by atoms with Gasteiger partial charge in [0.05, 0.1) is 6.61 Å². The van der Waals surface area contributed by atoms with Crippen LogP contribution in [0, 0.1) is 0 Å². The van der Waals surface area contributed by atoms with Crippen LogP contribution in [-0.4, -0.2) is 44.2 Å². The maximum atomic E-state index is 12.7. The van der Waals surface area contributed by atoms with E-state index in [1.165, 1.54) is 0 Å². The van der Waals surface area contributed by atoms with Crippen LogP contribution in [0.2, 0.25) is 0 Å². The molecule has 1 aromatic rings. The highest BCUT2D eigenvalue weighted by molar-refractivity contribution is 5.97. The minimum absolute atomic E-state index is 0.0579. The van der Waals surface area contributed by atoms with Crippen molar-refractivity contribution in [2.45, 2.75) is 12.8 Å². The Morgan fingerprint density at radius 3 is 3.15 bits per heavy atom. The van der Waals surface area contributed by atoms with Gasteiger partial charge in [-0.3, -0.25) is 4.79 Å². The van der Waals surface area contributed by atoms with Gasteiger partial charge in [0.15, 0.2) is 0 Å². The molecular weight excluding hydrogens is 252 g/mol. The van der Waals surface area contributed by atoms with Crippen molar-refractivity contribution in [3.05, 3.63) is 42.0 Å². The Labute approximate surface area is 120 Å². The molecule has 0 saturated heterocycles. The normalized spacial score (nSPS) is 13.2. The Bertz CT molecular complexity index is 485. The minimum Gasteiger partial charge on any atom is -0.385 e. The number of hydrogen-bond donors (Lipinski definition) is 1. The lowest BCUT2D eigenvalue weighted by Crippen LogP contribution is -2.35. The summed E-state index contributed by atoms with van der Waals surface area (Å²) in [6.45, 7) is 6.36. The van der Waals surface area contributed by atoms with Gasteiger partial charge in [0.25, 0.3) is 5.91 Å². The van der Waals surface area contributed by atoms with E-state index in [1.807, 2.05) is 18.2 Å². The van der Waals surface area contributed by atoms with Crippen LogP contribution in [0.1, 0.15) is 22.3 Å². The smallest absolute Gasteiger partial charge is 0.254 e. The molecule has 1 aliphatic rings. The fourth-order valence-electron chi connectivity index (χ4n) is 2.51. The van der Waals surface area contributed by atoms with Gasteiger partial charge in [-0.05, 0) is 30.5 Å². The monoisotopic (exact) mass is 274 g/mol. The first-order valence-electron chi connectivity index (χ1n) is 7.02. The second-order valence-electron chi connectivity index (χ2n) is 4.89. The number of carbonyl (C=O) groups excluding carboxylic acids is 1. The fourth-order valence-corrected chi connectivity index (χ4v) is 2.51. The van der Waals surface area contributed by atoms with Gasteiger partial charge in [-0.15, -0.1) is 6.58 Å². The summed E-state index contributed by atoms with van der Waals surface area (Å²) in [5.41, 5.74) is 3.02. The van der Waals surface area contributed by atoms with Crippen LogP contribution in [0.15, 0.2) is 30.9 Å². The largest absolute Gasteiger partial charge is 0.385 e. The van der Waals surface area contributed by atoms with E-state index in [-0.39, 0.29) is 5.91 Å². The highest BCUT2D eigenvalue weighted by Crippen LogP contribution is 2.26. The second-order valence-corrected chi connectivity index (χ2v) is 4.89.